The van der Waals surface area contributed by atoms with Gasteiger partial charge < -0.3 is 10.1 Å². The molecule has 1 atom stereocenters. The standard InChI is InChI=1S/C19H28N2O3/c1-6-14-10-7-9-13(2)16(14)20-17(22)15-11-8-12-21(15)18(23)24-19(3,4)5/h7,9-10,15H,6,8,11-12H2,1-5H3,(H,20,22). The maximum Gasteiger partial charge on any atom is 0.410 e. The number of benzene rings is 1. The Labute approximate surface area is 144 Å². The second-order valence-electron chi connectivity index (χ2n) is 7.28. The third kappa shape index (κ3) is 4.28. The van der Waals surface area contributed by atoms with Gasteiger partial charge in [0.25, 0.3) is 0 Å². The van der Waals surface area contributed by atoms with Crippen molar-refractivity contribution in [1.29, 1.82) is 0 Å². The second kappa shape index (κ2) is 7.24. The Balaban J connectivity index is 2.13. The molecule has 132 valence electrons. The Morgan fingerprint density at radius 3 is 2.67 bits per heavy atom. The van der Waals surface area contributed by atoms with Crippen molar-refractivity contribution in [1.82, 2.24) is 4.90 Å². The summed E-state index contributed by atoms with van der Waals surface area (Å²) in [4.78, 5) is 26.6. The lowest BCUT2D eigenvalue weighted by atomic mass is 10.1. The summed E-state index contributed by atoms with van der Waals surface area (Å²) in [6.07, 6.45) is 1.91. The van der Waals surface area contributed by atoms with Crippen molar-refractivity contribution < 1.29 is 14.3 Å². The Hall–Kier alpha value is -2.04. The molecule has 0 aromatic heterocycles. The van der Waals surface area contributed by atoms with E-state index in [0.29, 0.717) is 13.0 Å². The number of amides is 2. The maximum atomic E-state index is 12.8. The molecule has 5 nitrogen and oxygen atoms in total. The molecule has 1 unspecified atom stereocenters. The average molecular weight is 332 g/mol. The Morgan fingerprint density at radius 1 is 1.33 bits per heavy atom. The maximum absolute atomic E-state index is 12.8. The van der Waals surface area contributed by atoms with E-state index in [1.807, 2.05) is 45.9 Å². The number of aryl methyl sites for hydroxylation is 2. The fourth-order valence-corrected chi connectivity index (χ4v) is 2.99. The highest BCUT2D eigenvalue weighted by Crippen LogP contribution is 2.25. The van der Waals surface area contributed by atoms with Crippen LogP contribution in [-0.2, 0) is 16.0 Å². The number of likely N-dealkylation sites (tertiary alicyclic amines) is 1. The molecule has 1 saturated heterocycles. The van der Waals surface area contributed by atoms with Crippen molar-refractivity contribution >= 4 is 17.7 Å². The summed E-state index contributed by atoms with van der Waals surface area (Å²) >= 11 is 0. The molecular formula is C19H28N2O3. The van der Waals surface area contributed by atoms with Crippen molar-refractivity contribution in [3.05, 3.63) is 29.3 Å². The number of ether oxygens (including phenoxy) is 1. The smallest absolute Gasteiger partial charge is 0.410 e. The first kappa shape index (κ1) is 18.3. The number of carbonyl (C=O) groups is 2. The molecule has 0 aliphatic carbocycles. The first-order valence-electron chi connectivity index (χ1n) is 8.62. The van der Waals surface area contributed by atoms with E-state index < -0.39 is 17.7 Å². The van der Waals surface area contributed by atoms with Gasteiger partial charge in [-0.05, 0) is 58.1 Å². The third-order valence-corrected chi connectivity index (χ3v) is 4.17. The van der Waals surface area contributed by atoms with Crippen molar-refractivity contribution in [2.45, 2.75) is 65.5 Å². The van der Waals surface area contributed by atoms with E-state index in [9.17, 15) is 9.59 Å². The zero-order valence-corrected chi connectivity index (χ0v) is 15.3. The Kier molecular flexibility index (Phi) is 5.52. The summed E-state index contributed by atoms with van der Waals surface area (Å²) in [5.74, 6) is -0.137. The number of carbonyl (C=O) groups excluding carboxylic acids is 2. The van der Waals surface area contributed by atoms with E-state index in [1.165, 1.54) is 0 Å². The molecule has 0 bridgehead atoms. The zero-order chi connectivity index (χ0) is 17.9. The number of nitrogens with one attached hydrogen (secondary N) is 1. The lowest BCUT2D eigenvalue weighted by Crippen LogP contribution is -2.45. The fraction of sp³-hybridized carbons (Fsp3) is 0.579. The zero-order valence-electron chi connectivity index (χ0n) is 15.3. The van der Waals surface area contributed by atoms with Crippen molar-refractivity contribution in [3.8, 4) is 0 Å². The van der Waals surface area contributed by atoms with Gasteiger partial charge in [-0.15, -0.1) is 0 Å². The molecule has 5 heteroatoms. The van der Waals surface area contributed by atoms with Crippen molar-refractivity contribution in [3.63, 3.8) is 0 Å². The SMILES string of the molecule is CCc1cccc(C)c1NC(=O)C1CCCN1C(=O)OC(C)(C)C. The molecule has 1 heterocycles. The fourth-order valence-electron chi connectivity index (χ4n) is 2.99. The first-order valence-corrected chi connectivity index (χ1v) is 8.62. The molecule has 1 N–H and O–H groups in total. The minimum atomic E-state index is -0.563. The molecular weight excluding hydrogens is 304 g/mol. The number of hydrogen-bond donors (Lipinski definition) is 1. The third-order valence-electron chi connectivity index (χ3n) is 4.17. The first-order chi connectivity index (χ1) is 11.2. The van der Waals surface area contributed by atoms with Gasteiger partial charge in [0.15, 0.2) is 0 Å². The molecule has 24 heavy (non-hydrogen) atoms. The predicted molar refractivity (Wildman–Crippen MR) is 95.1 cm³/mol. The quantitative estimate of drug-likeness (QED) is 0.913. The lowest BCUT2D eigenvalue weighted by molar-refractivity contribution is -0.120. The van der Waals surface area contributed by atoms with Crippen LogP contribution in [-0.4, -0.2) is 35.1 Å². The molecule has 1 aromatic rings. The number of hydrogen-bond acceptors (Lipinski definition) is 3. The average Bonchev–Trinajstić information content (AvgIpc) is 2.97. The highest BCUT2D eigenvalue weighted by Gasteiger charge is 2.36. The van der Waals surface area contributed by atoms with Crippen molar-refractivity contribution in [2.75, 3.05) is 11.9 Å². The van der Waals surface area contributed by atoms with Gasteiger partial charge in [0.2, 0.25) is 5.91 Å². The predicted octanol–water partition coefficient (Wildman–Crippen LogP) is 3.90. The highest BCUT2D eigenvalue weighted by atomic mass is 16.6. The van der Waals surface area contributed by atoms with Crippen LogP contribution in [0.2, 0.25) is 0 Å². The number of anilines is 1. The van der Waals surface area contributed by atoms with Crippen LogP contribution in [0.5, 0.6) is 0 Å². The summed E-state index contributed by atoms with van der Waals surface area (Å²) in [6, 6.07) is 5.52. The molecule has 0 saturated carbocycles. The van der Waals surface area contributed by atoms with Gasteiger partial charge in [0.05, 0.1) is 0 Å². The normalized spacial score (nSPS) is 17.7. The topological polar surface area (TPSA) is 58.6 Å². The monoisotopic (exact) mass is 332 g/mol. The molecule has 1 fully saturated rings. The van der Waals surface area contributed by atoms with Gasteiger partial charge in [0.1, 0.15) is 11.6 Å². The molecule has 1 aliphatic rings. The van der Waals surface area contributed by atoms with Crippen LogP contribution in [0.3, 0.4) is 0 Å². The van der Waals surface area contributed by atoms with Crippen LogP contribution in [0, 0.1) is 6.92 Å². The van der Waals surface area contributed by atoms with Gasteiger partial charge in [0, 0.05) is 12.2 Å². The van der Waals surface area contributed by atoms with Gasteiger partial charge in [-0.1, -0.05) is 25.1 Å². The van der Waals surface area contributed by atoms with Gasteiger partial charge in [-0.25, -0.2) is 4.79 Å². The largest absolute Gasteiger partial charge is 0.444 e. The van der Waals surface area contributed by atoms with Crippen LogP contribution in [0.15, 0.2) is 18.2 Å². The number of nitrogens with zero attached hydrogens (tertiary/aromatic N) is 1. The Bertz CT molecular complexity index is 620. The lowest BCUT2D eigenvalue weighted by Gasteiger charge is -2.28. The van der Waals surface area contributed by atoms with Crippen LogP contribution >= 0.6 is 0 Å². The van der Waals surface area contributed by atoms with Crippen LogP contribution in [0.25, 0.3) is 0 Å². The summed E-state index contributed by atoms with van der Waals surface area (Å²) in [6.45, 7) is 10.1. The summed E-state index contributed by atoms with van der Waals surface area (Å²) in [5.41, 5.74) is 2.43. The van der Waals surface area contributed by atoms with Gasteiger partial charge in [-0.3, -0.25) is 9.69 Å². The van der Waals surface area contributed by atoms with Crippen LogP contribution in [0.4, 0.5) is 10.5 Å². The Morgan fingerprint density at radius 2 is 2.04 bits per heavy atom. The molecule has 0 spiro atoms. The minimum Gasteiger partial charge on any atom is -0.444 e. The van der Waals surface area contributed by atoms with E-state index in [-0.39, 0.29) is 5.91 Å². The van der Waals surface area contributed by atoms with Gasteiger partial charge >= 0.3 is 6.09 Å². The van der Waals surface area contributed by atoms with E-state index >= 15 is 0 Å². The van der Waals surface area contributed by atoms with Crippen LogP contribution in [0.1, 0.15) is 51.7 Å². The molecule has 1 aliphatic heterocycles. The van der Waals surface area contributed by atoms with Crippen LogP contribution < -0.4 is 5.32 Å². The second-order valence-corrected chi connectivity index (χ2v) is 7.28. The molecule has 1 aromatic carbocycles. The summed E-state index contributed by atoms with van der Waals surface area (Å²) < 4.78 is 5.43. The molecule has 2 amide bonds. The molecule has 0 radical (unpaired) electrons. The minimum absolute atomic E-state index is 0.137. The van der Waals surface area contributed by atoms with E-state index in [2.05, 4.69) is 12.2 Å². The van der Waals surface area contributed by atoms with E-state index in [0.717, 1.165) is 29.7 Å². The number of para-hydroxylation sites is 1. The summed E-state index contributed by atoms with van der Waals surface area (Å²) in [5, 5.41) is 3.03. The summed E-state index contributed by atoms with van der Waals surface area (Å²) in [7, 11) is 0. The van der Waals surface area contributed by atoms with E-state index in [1.54, 1.807) is 4.90 Å². The number of rotatable bonds is 3. The molecule has 2 rings (SSSR count). The van der Waals surface area contributed by atoms with E-state index in [4.69, 9.17) is 4.74 Å². The van der Waals surface area contributed by atoms with Gasteiger partial charge in [-0.2, -0.15) is 0 Å². The highest BCUT2D eigenvalue weighted by molar-refractivity contribution is 5.98. The van der Waals surface area contributed by atoms with Crippen molar-refractivity contribution in [2.24, 2.45) is 0 Å².